The lowest BCUT2D eigenvalue weighted by Crippen LogP contribution is -2.14. The number of nitrogens with one attached hydrogen (secondary N) is 1. The number of para-hydroxylation sites is 1. The molecule has 1 N–H and O–H groups in total. The quantitative estimate of drug-likeness (QED) is 0.895. The molecule has 0 fully saturated rings. The van der Waals surface area contributed by atoms with E-state index in [-0.39, 0.29) is 0 Å². The highest BCUT2D eigenvalue weighted by Crippen LogP contribution is 2.26. The van der Waals surface area contributed by atoms with Crippen LogP contribution in [0.5, 0.6) is 0 Å². The van der Waals surface area contributed by atoms with Crippen molar-refractivity contribution in [1.82, 2.24) is 9.55 Å². The second-order valence-electron chi connectivity index (χ2n) is 4.94. The van der Waals surface area contributed by atoms with Crippen LogP contribution in [0, 0.1) is 0 Å². The smallest absolute Gasteiger partial charge is 0.108 e. The van der Waals surface area contributed by atoms with Gasteiger partial charge in [-0.15, -0.1) is 0 Å². The van der Waals surface area contributed by atoms with Crippen molar-refractivity contribution >= 4 is 5.69 Å². The molecule has 2 aromatic rings. The van der Waals surface area contributed by atoms with Gasteiger partial charge in [0.1, 0.15) is 5.82 Å². The van der Waals surface area contributed by atoms with Crippen molar-refractivity contribution in [3.63, 3.8) is 0 Å². The zero-order valence-corrected chi connectivity index (χ0v) is 10.8. The lowest BCUT2D eigenvalue weighted by atomic mass is 9.97. The van der Waals surface area contributed by atoms with Crippen molar-refractivity contribution in [3.8, 4) is 0 Å². The Bertz CT molecular complexity index is 542. The molecular weight excluding hydrogens is 222 g/mol. The Balaban J connectivity index is 1.79. The fourth-order valence-corrected chi connectivity index (χ4v) is 2.67. The van der Waals surface area contributed by atoms with Crippen LogP contribution in [0.15, 0.2) is 30.6 Å². The Morgan fingerprint density at radius 1 is 1.33 bits per heavy atom. The van der Waals surface area contributed by atoms with Gasteiger partial charge in [-0.05, 0) is 30.4 Å². The van der Waals surface area contributed by atoms with Crippen LogP contribution in [0.25, 0.3) is 0 Å². The largest absolute Gasteiger partial charge is 0.385 e. The average molecular weight is 241 g/mol. The molecule has 2 heterocycles. The second kappa shape index (κ2) is 4.84. The van der Waals surface area contributed by atoms with Gasteiger partial charge in [-0.2, -0.15) is 0 Å². The van der Waals surface area contributed by atoms with Gasteiger partial charge in [0.15, 0.2) is 0 Å². The van der Waals surface area contributed by atoms with Crippen molar-refractivity contribution in [2.24, 2.45) is 7.05 Å². The molecule has 0 bridgehead atoms. The van der Waals surface area contributed by atoms with E-state index in [1.165, 1.54) is 29.7 Å². The standard InChI is InChI=1S/C15H19N3/c1-18-11-10-16-14(18)8-7-13-5-2-4-12-6-3-9-17-15(12)13/h2,4-5,10-11,17H,3,6-9H2,1H3. The topological polar surface area (TPSA) is 29.9 Å². The van der Waals surface area contributed by atoms with Crippen molar-refractivity contribution in [3.05, 3.63) is 47.5 Å². The van der Waals surface area contributed by atoms with Gasteiger partial charge in [-0.25, -0.2) is 4.98 Å². The van der Waals surface area contributed by atoms with E-state index < -0.39 is 0 Å². The van der Waals surface area contributed by atoms with Gasteiger partial charge in [0.05, 0.1) is 0 Å². The molecule has 0 spiro atoms. The van der Waals surface area contributed by atoms with Gasteiger partial charge in [0, 0.05) is 38.1 Å². The summed E-state index contributed by atoms with van der Waals surface area (Å²) in [5.74, 6) is 1.16. The zero-order chi connectivity index (χ0) is 12.4. The number of aromatic nitrogens is 2. The Hall–Kier alpha value is -1.77. The number of imidazole rings is 1. The van der Waals surface area contributed by atoms with Crippen molar-refractivity contribution < 1.29 is 0 Å². The fraction of sp³-hybridized carbons (Fsp3) is 0.400. The molecule has 3 nitrogen and oxygen atoms in total. The van der Waals surface area contributed by atoms with Gasteiger partial charge in [-0.1, -0.05) is 18.2 Å². The Morgan fingerprint density at radius 2 is 2.28 bits per heavy atom. The summed E-state index contributed by atoms with van der Waals surface area (Å²) in [5, 5.41) is 3.55. The van der Waals surface area contributed by atoms with Crippen LogP contribution in [0.2, 0.25) is 0 Å². The monoisotopic (exact) mass is 241 g/mol. The maximum atomic E-state index is 4.39. The van der Waals surface area contributed by atoms with Crippen LogP contribution < -0.4 is 5.32 Å². The summed E-state index contributed by atoms with van der Waals surface area (Å²) in [4.78, 5) is 4.39. The molecule has 1 aromatic heterocycles. The first-order valence-electron chi connectivity index (χ1n) is 6.65. The van der Waals surface area contributed by atoms with E-state index in [0.29, 0.717) is 0 Å². The van der Waals surface area contributed by atoms with Gasteiger partial charge >= 0.3 is 0 Å². The third-order valence-corrected chi connectivity index (χ3v) is 3.70. The maximum Gasteiger partial charge on any atom is 0.108 e. The molecule has 0 atom stereocenters. The molecule has 3 heteroatoms. The lowest BCUT2D eigenvalue weighted by Gasteiger charge is -2.21. The highest BCUT2D eigenvalue weighted by atomic mass is 15.0. The minimum atomic E-state index is 1.00. The van der Waals surface area contributed by atoms with Crippen molar-refractivity contribution in [1.29, 1.82) is 0 Å². The van der Waals surface area contributed by atoms with Gasteiger partial charge in [-0.3, -0.25) is 0 Å². The van der Waals surface area contributed by atoms with Crippen LogP contribution in [-0.4, -0.2) is 16.1 Å². The lowest BCUT2D eigenvalue weighted by molar-refractivity contribution is 0.766. The molecule has 3 rings (SSSR count). The van der Waals surface area contributed by atoms with Crippen LogP contribution in [0.3, 0.4) is 0 Å². The number of aryl methyl sites for hydroxylation is 4. The number of rotatable bonds is 3. The molecule has 1 aliphatic heterocycles. The van der Waals surface area contributed by atoms with E-state index in [2.05, 4.69) is 40.1 Å². The number of hydrogen-bond acceptors (Lipinski definition) is 2. The normalized spacial score (nSPS) is 14.1. The highest BCUT2D eigenvalue weighted by Gasteiger charge is 2.12. The first-order chi connectivity index (χ1) is 8.84. The molecule has 0 saturated carbocycles. The van der Waals surface area contributed by atoms with Crippen LogP contribution in [-0.2, 0) is 26.3 Å². The molecule has 0 saturated heterocycles. The number of fused-ring (bicyclic) bond motifs is 1. The minimum Gasteiger partial charge on any atom is -0.385 e. The predicted molar refractivity (Wildman–Crippen MR) is 73.9 cm³/mol. The van der Waals surface area contributed by atoms with E-state index in [0.717, 1.165) is 25.2 Å². The van der Waals surface area contributed by atoms with Crippen LogP contribution in [0.4, 0.5) is 5.69 Å². The van der Waals surface area contributed by atoms with Gasteiger partial charge < -0.3 is 9.88 Å². The Labute approximate surface area is 108 Å². The summed E-state index contributed by atoms with van der Waals surface area (Å²) in [5.41, 5.74) is 4.27. The van der Waals surface area contributed by atoms with Gasteiger partial charge in [0.25, 0.3) is 0 Å². The maximum absolute atomic E-state index is 4.39. The fourth-order valence-electron chi connectivity index (χ4n) is 2.67. The third-order valence-electron chi connectivity index (χ3n) is 3.70. The first kappa shape index (κ1) is 11.3. The third kappa shape index (κ3) is 2.13. The molecule has 0 aliphatic carbocycles. The van der Waals surface area contributed by atoms with Gasteiger partial charge in [0.2, 0.25) is 0 Å². The first-order valence-corrected chi connectivity index (χ1v) is 6.65. The molecule has 94 valence electrons. The molecule has 18 heavy (non-hydrogen) atoms. The minimum absolute atomic E-state index is 1.00. The van der Waals surface area contributed by atoms with E-state index in [4.69, 9.17) is 0 Å². The summed E-state index contributed by atoms with van der Waals surface area (Å²) in [6, 6.07) is 6.66. The van der Waals surface area contributed by atoms with E-state index in [1.807, 2.05) is 12.4 Å². The van der Waals surface area contributed by atoms with Crippen LogP contribution in [0.1, 0.15) is 23.4 Å². The number of anilines is 1. The number of hydrogen-bond donors (Lipinski definition) is 1. The van der Waals surface area contributed by atoms with Crippen molar-refractivity contribution in [2.75, 3.05) is 11.9 Å². The second-order valence-corrected chi connectivity index (χ2v) is 4.94. The van der Waals surface area contributed by atoms with E-state index in [9.17, 15) is 0 Å². The molecule has 1 aromatic carbocycles. The predicted octanol–water partition coefficient (Wildman–Crippen LogP) is 2.56. The SMILES string of the molecule is Cn1ccnc1CCc1cccc2c1NCCC2. The number of nitrogens with zero attached hydrogens (tertiary/aromatic N) is 2. The number of benzene rings is 1. The summed E-state index contributed by atoms with van der Waals surface area (Å²) in [6.07, 6.45) is 8.39. The summed E-state index contributed by atoms with van der Waals surface area (Å²) in [6.45, 7) is 1.10. The molecule has 0 radical (unpaired) electrons. The molecular formula is C15H19N3. The van der Waals surface area contributed by atoms with E-state index >= 15 is 0 Å². The Morgan fingerprint density at radius 3 is 3.11 bits per heavy atom. The van der Waals surface area contributed by atoms with Crippen LogP contribution >= 0.6 is 0 Å². The van der Waals surface area contributed by atoms with E-state index in [1.54, 1.807) is 0 Å². The Kier molecular flexibility index (Phi) is 3.05. The summed E-state index contributed by atoms with van der Waals surface area (Å²) in [7, 11) is 2.06. The highest BCUT2D eigenvalue weighted by molar-refractivity contribution is 5.59. The average Bonchev–Trinajstić information content (AvgIpc) is 2.82. The summed E-state index contributed by atoms with van der Waals surface area (Å²) >= 11 is 0. The van der Waals surface area contributed by atoms with Crippen molar-refractivity contribution in [2.45, 2.75) is 25.7 Å². The summed E-state index contributed by atoms with van der Waals surface area (Å²) < 4.78 is 2.10. The molecule has 0 unspecified atom stereocenters. The molecule has 1 aliphatic rings. The zero-order valence-electron chi connectivity index (χ0n) is 10.8. The molecule has 0 amide bonds.